The number of pyridine rings is 1. The topological polar surface area (TPSA) is 51.3 Å². The third-order valence-electron chi connectivity index (χ3n) is 2.34. The van der Waals surface area contributed by atoms with E-state index < -0.39 is 0 Å². The molecule has 4 nitrogen and oxygen atoms in total. The number of hydrogen-bond acceptors (Lipinski definition) is 3. The quantitative estimate of drug-likeness (QED) is 0.858. The molecule has 0 aliphatic carbocycles. The zero-order valence-electron chi connectivity index (χ0n) is 8.83. The van der Waals surface area contributed by atoms with Gasteiger partial charge in [0.2, 0.25) is 5.43 Å². The van der Waals surface area contributed by atoms with Gasteiger partial charge < -0.3 is 14.5 Å². The minimum absolute atomic E-state index is 0.0217. The maximum atomic E-state index is 11.9. The Labute approximate surface area is 106 Å². The Hall–Kier alpha value is -1.24. The molecule has 0 aliphatic heterocycles. The Bertz CT molecular complexity index is 592. The molecule has 1 N–H and O–H groups in total. The first-order valence-electron chi connectivity index (χ1n) is 4.60. The summed E-state index contributed by atoms with van der Waals surface area (Å²) >= 11 is 1.99. The van der Waals surface area contributed by atoms with Crippen LogP contribution in [0.1, 0.15) is 0 Å². The van der Waals surface area contributed by atoms with Gasteiger partial charge >= 0.3 is 0 Å². The standard InChI is InChI=1S/C11H10INO3/c1-15-6-3-7-10(9(4-6)16-2)13-5-8(12)11(7)14/h3-5H,1-2H3,(H,13,14). The largest absolute Gasteiger partial charge is 0.497 e. The van der Waals surface area contributed by atoms with Gasteiger partial charge in [0.05, 0.1) is 28.7 Å². The fourth-order valence-electron chi connectivity index (χ4n) is 1.53. The molecule has 0 aliphatic rings. The van der Waals surface area contributed by atoms with Crippen molar-refractivity contribution in [3.63, 3.8) is 0 Å². The summed E-state index contributed by atoms with van der Waals surface area (Å²) in [5, 5.41) is 0.572. The zero-order valence-corrected chi connectivity index (χ0v) is 11.0. The third kappa shape index (κ3) is 1.75. The summed E-state index contributed by atoms with van der Waals surface area (Å²) < 4.78 is 11.0. The van der Waals surface area contributed by atoms with Crippen molar-refractivity contribution >= 4 is 33.5 Å². The highest BCUT2D eigenvalue weighted by atomic mass is 127. The number of H-pyrrole nitrogens is 1. The van der Waals surface area contributed by atoms with Gasteiger partial charge in [-0.25, -0.2) is 0 Å². The van der Waals surface area contributed by atoms with Crippen LogP contribution in [0.3, 0.4) is 0 Å². The van der Waals surface area contributed by atoms with E-state index in [0.717, 1.165) is 0 Å². The van der Waals surface area contributed by atoms with Crippen LogP contribution < -0.4 is 14.9 Å². The molecule has 2 aromatic rings. The Kier molecular flexibility index (Phi) is 3.04. The molecular formula is C11H10INO3. The smallest absolute Gasteiger partial charge is 0.202 e. The predicted octanol–water partition coefficient (Wildman–Crippen LogP) is 2.15. The van der Waals surface area contributed by atoms with E-state index in [0.29, 0.717) is 26.0 Å². The van der Waals surface area contributed by atoms with Crippen molar-refractivity contribution in [3.8, 4) is 11.5 Å². The van der Waals surface area contributed by atoms with E-state index in [-0.39, 0.29) is 5.43 Å². The lowest BCUT2D eigenvalue weighted by Gasteiger charge is -2.08. The minimum atomic E-state index is -0.0217. The number of rotatable bonds is 2. The summed E-state index contributed by atoms with van der Waals surface area (Å²) in [6.07, 6.45) is 1.67. The lowest BCUT2D eigenvalue weighted by molar-refractivity contribution is 0.397. The molecule has 0 amide bonds. The van der Waals surface area contributed by atoms with E-state index in [2.05, 4.69) is 4.98 Å². The summed E-state index contributed by atoms with van der Waals surface area (Å²) in [5.74, 6) is 1.21. The maximum absolute atomic E-state index is 11.9. The van der Waals surface area contributed by atoms with Crippen LogP contribution in [0.15, 0.2) is 23.1 Å². The number of halogens is 1. The Morgan fingerprint density at radius 2 is 2.00 bits per heavy atom. The Balaban J connectivity index is 2.90. The number of benzene rings is 1. The average Bonchev–Trinajstić information content (AvgIpc) is 2.32. The molecule has 0 bridgehead atoms. The predicted molar refractivity (Wildman–Crippen MR) is 70.4 cm³/mol. The monoisotopic (exact) mass is 331 g/mol. The minimum Gasteiger partial charge on any atom is -0.497 e. The van der Waals surface area contributed by atoms with E-state index >= 15 is 0 Å². The second kappa shape index (κ2) is 4.32. The number of aromatic amines is 1. The van der Waals surface area contributed by atoms with Crippen LogP contribution >= 0.6 is 22.6 Å². The first-order chi connectivity index (χ1) is 7.67. The molecule has 0 saturated carbocycles. The first kappa shape index (κ1) is 11.3. The third-order valence-corrected chi connectivity index (χ3v) is 3.14. The summed E-state index contributed by atoms with van der Waals surface area (Å²) in [6.45, 7) is 0. The highest BCUT2D eigenvalue weighted by Gasteiger charge is 2.09. The Morgan fingerprint density at radius 1 is 1.25 bits per heavy atom. The number of nitrogens with one attached hydrogen (secondary N) is 1. The first-order valence-corrected chi connectivity index (χ1v) is 5.68. The van der Waals surface area contributed by atoms with Crippen molar-refractivity contribution in [2.45, 2.75) is 0 Å². The molecule has 1 aromatic heterocycles. The second-order valence-corrected chi connectivity index (χ2v) is 4.38. The van der Waals surface area contributed by atoms with E-state index in [1.807, 2.05) is 22.6 Å². The van der Waals surface area contributed by atoms with Gasteiger partial charge in [-0.1, -0.05) is 0 Å². The van der Waals surface area contributed by atoms with Crippen molar-refractivity contribution in [3.05, 3.63) is 32.1 Å². The van der Waals surface area contributed by atoms with Gasteiger partial charge in [-0.05, 0) is 28.7 Å². The van der Waals surface area contributed by atoms with Crippen molar-refractivity contribution in [2.75, 3.05) is 14.2 Å². The number of ether oxygens (including phenoxy) is 2. The van der Waals surface area contributed by atoms with Crippen molar-refractivity contribution < 1.29 is 9.47 Å². The average molecular weight is 331 g/mol. The van der Waals surface area contributed by atoms with Crippen LogP contribution in [-0.4, -0.2) is 19.2 Å². The van der Waals surface area contributed by atoms with Crippen molar-refractivity contribution in [2.24, 2.45) is 0 Å². The highest BCUT2D eigenvalue weighted by Crippen LogP contribution is 2.27. The van der Waals surface area contributed by atoms with Crippen LogP contribution in [0.25, 0.3) is 10.9 Å². The summed E-state index contributed by atoms with van der Waals surface area (Å²) in [5.41, 5.74) is 0.667. The van der Waals surface area contributed by atoms with E-state index in [9.17, 15) is 4.79 Å². The molecule has 84 valence electrons. The van der Waals surface area contributed by atoms with Crippen LogP contribution in [0.2, 0.25) is 0 Å². The molecule has 0 spiro atoms. The summed E-state index contributed by atoms with van der Waals surface area (Å²) in [4.78, 5) is 15.0. The number of aromatic nitrogens is 1. The molecule has 0 unspecified atom stereocenters. The van der Waals surface area contributed by atoms with Gasteiger partial charge in [-0.15, -0.1) is 0 Å². The van der Waals surface area contributed by atoms with Gasteiger partial charge in [0.15, 0.2) is 0 Å². The summed E-state index contributed by atoms with van der Waals surface area (Å²) in [7, 11) is 3.12. The van der Waals surface area contributed by atoms with Gasteiger partial charge in [0, 0.05) is 12.3 Å². The fourth-order valence-corrected chi connectivity index (χ4v) is 1.97. The van der Waals surface area contributed by atoms with Crippen LogP contribution in [0.4, 0.5) is 0 Å². The zero-order chi connectivity index (χ0) is 11.7. The van der Waals surface area contributed by atoms with E-state index in [1.54, 1.807) is 32.5 Å². The van der Waals surface area contributed by atoms with Crippen LogP contribution in [-0.2, 0) is 0 Å². The van der Waals surface area contributed by atoms with Gasteiger partial charge in [-0.3, -0.25) is 4.79 Å². The molecule has 0 radical (unpaired) electrons. The highest BCUT2D eigenvalue weighted by molar-refractivity contribution is 14.1. The van der Waals surface area contributed by atoms with Crippen molar-refractivity contribution in [1.29, 1.82) is 0 Å². The number of fused-ring (bicyclic) bond motifs is 1. The van der Waals surface area contributed by atoms with Crippen LogP contribution in [0.5, 0.6) is 11.5 Å². The second-order valence-electron chi connectivity index (χ2n) is 3.22. The van der Waals surface area contributed by atoms with Gasteiger partial charge in [0.1, 0.15) is 11.5 Å². The molecular weight excluding hydrogens is 321 g/mol. The summed E-state index contributed by atoms with van der Waals surface area (Å²) in [6, 6.07) is 3.45. The normalized spacial score (nSPS) is 10.4. The number of hydrogen-bond donors (Lipinski definition) is 1. The van der Waals surface area contributed by atoms with E-state index in [1.165, 1.54) is 0 Å². The van der Waals surface area contributed by atoms with E-state index in [4.69, 9.17) is 9.47 Å². The fraction of sp³-hybridized carbons (Fsp3) is 0.182. The molecule has 16 heavy (non-hydrogen) atoms. The SMILES string of the molecule is COc1cc(OC)c2[nH]cc(I)c(=O)c2c1. The maximum Gasteiger partial charge on any atom is 0.202 e. The lowest BCUT2D eigenvalue weighted by atomic mass is 10.2. The van der Waals surface area contributed by atoms with Gasteiger partial charge in [0.25, 0.3) is 0 Å². The molecule has 0 atom stereocenters. The molecule has 5 heteroatoms. The molecule has 1 heterocycles. The Morgan fingerprint density at radius 3 is 2.62 bits per heavy atom. The van der Waals surface area contributed by atoms with Crippen molar-refractivity contribution in [1.82, 2.24) is 4.98 Å². The molecule has 1 aromatic carbocycles. The molecule has 0 saturated heterocycles. The molecule has 2 rings (SSSR count). The molecule has 0 fully saturated rings. The van der Waals surface area contributed by atoms with Gasteiger partial charge in [-0.2, -0.15) is 0 Å². The lowest BCUT2D eigenvalue weighted by Crippen LogP contribution is -2.07. The van der Waals surface area contributed by atoms with Crippen LogP contribution in [0, 0.1) is 3.57 Å². The number of methoxy groups -OCH3 is 2.